The number of aliphatic carboxylic acids is 1. The summed E-state index contributed by atoms with van der Waals surface area (Å²) in [5, 5.41) is 18.3. The number of rotatable bonds is 15. The van der Waals surface area contributed by atoms with Crippen molar-refractivity contribution in [1.82, 2.24) is 0 Å². The van der Waals surface area contributed by atoms with E-state index in [1.54, 1.807) is 0 Å². The third-order valence-electron chi connectivity index (χ3n) is 3.72. The summed E-state index contributed by atoms with van der Waals surface area (Å²) in [5.74, 6) is -0.701. The molecule has 3 nitrogen and oxygen atoms in total. The van der Waals surface area contributed by atoms with Gasteiger partial charge in [0.15, 0.2) is 0 Å². The number of hydrogen-bond acceptors (Lipinski definition) is 2. The smallest absolute Gasteiger partial charge is 0.303 e. The summed E-state index contributed by atoms with van der Waals surface area (Å²) < 4.78 is 0. The van der Waals surface area contributed by atoms with Crippen LogP contribution in [0, 0.1) is 0 Å². The lowest BCUT2D eigenvalue weighted by atomic mass is 10.1. The Morgan fingerprint density at radius 2 is 1.57 bits per heavy atom. The molecule has 0 aliphatic heterocycles. The predicted octanol–water partition coefficient (Wildman–Crippen LogP) is 5.08. The fourth-order valence-corrected chi connectivity index (χ4v) is 2.38. The largest absolute Gasteiger partial charge is 0.481 e. The Labute approximate surface area is 130 Å². The monoisotopic (exact) mass is 298 g/mol. The first-order valence-corrected chi connectivity index (χ1v) is 8.73. The van der Waals surface area contributed by atoms with E-state index in [9.17, 15) is 9.90 Å². The minimum absolute atomic E-state index is 0.285. The topological polar surface area (TPSA) is 57.5 Å². The number of allylic oxidation sites excluding steroid dienone is 1. The molecule has 0 saturated carbocycles. The molecule has 0 aromatic carbocycles. The van der Waals surface area contributed by atoms with Gasteiger partial charge in [0.2, 0.25) is 0 Å². The average molecular weight is 298 g/mol. The number of carboxylic acids is 1. The lowest BCUT2D eigenvalue weighted by Gasteiger charge is -2.05. The van der Waals surface area contributed by atoms with E-state index in [0.717, 1.165) is 44.9 Å². The first-order valence-electron chi connectivity index (χ1n) is 8.73. The highest BCUT2D eigenvalue weighted by atomic mass is 16.4. The van der Waals surface area contributed by atoms with E-state index in [1.165, 1.54) is 32.1 Å². The number of aliphatic hydroxyl groups excluding tert-OH is 1. The van der Waals surface area contributed by atoms with Crippen molar-refractivity contribution in [3.8, 4) is 0 Å². The maximum absolute atomic E-state index is 10.3. The van der Waals surface area contributed by atoms with Gasteiger partial charge < -0.3 is 10.2 Å². The molecule has 3 heteroatoms. The van der Waals surface area contributed by atoms with Crippen LogP contribution in [0.25, 0.3) is 0 Å². The number of hydrogen-bond donors (Lipinski definition) is 2. The van der Waals surface area contributed by atoms with Gasteiger partial charge in [0.1, 0.15) is 0 Å². The summed E-state index contributed by atoms with van der Waals surface area (Å²) in [7, 11) is 0. The molecule has 0 radical (unpaired) electrons. The number of carboxylic acid groups (broad SMARTS) is 1. The average Bonchev–Trinajstić information content (AvgIpc) is 2.45. The standard InChI is InChI=1S/C18H34O3/c1-2-3-4-5-8-11-14-17(19)15-12-9-6-7-10-13-16-18(20)21/h12,15,17,19H,2-11,13-14,16H2,1H3,(H,20,21)/t17-/m0/s1. The quantitative estimate of drug-likeness (QED) is 0.327. The van der Waals surface area contributed by atoms with E-state index < -0.39 is 5.97 Å². The van der Waals surface area contributed by atoms with Crippen LogP contribution < -0.4 is 0 Å². The summed E-state index contributed by atoms with van der Waals surface area (Å²) >= 11 is 0. The van der Waals surface area contributed by atoms with Crippen LogP contribution in [-0.4, -0.2) is 22.3 Å². The highest BCUT2D eigenvalue weighted by molar-refractivity contribution is 5.66. The zero-order chi connectivity index (χ0) is 15.8. The minimum atomic E-state index is -0.701. The molecule has 0 fully saturated rings. The summed E-state index contributed by atoms with van der Waals surface area (Å²) in [5.41, 5.74) is 0. The highest BCUT2D eigenvalue weighted by Gasteiger charge is 1.99. The van der Waals surface area contributed by atoms with Gasteiger partial charge in [-0.3, -0.25) is 4.79 Å². The van der Waals surface area contributed by atoms with Gasteiger partial charge in [-0.1, -0.05) is 70.4 Å². The van der Waals surface area contributed by atoms with E-state index >= 15 is 0 Å². The maximum Gasteiger partial charge on any atom is 0.303 e. The van der Waals surface area contributed by atoms with E-state index in [4.69, 9.17) is 5.11 Å². The van der Waals surface area contributed by atoms with Gasteiger partial charge in [0.25, 0.3) is 0 Å². The molecule has 0 unspecified atom stereocenters. The molecule has 0 spiro atoms. The van der Waals surface area contributed by atoms with Crippen LogP contribution in [0.3, 0.4) is 0 Å². The number of aliphatic hydroxyl groups is 1. The second-order valence-corrected chi connectivity index (χ2v) is 5.90. The summed E-state index contributed by atoms with van der Waals surface area (Å²) in [6.07, 6.45) is 17.3. The van der Waals surface area contributed by atoms with Gasteiger partial charge in [-0.15, -0.1) is 0 Å². The van der Waals surface area contributed by atoms with Gasteiger partial charge in [-0.2, -0.15) is 0 Å². The Balaban J connectivity index is 3.29. The van der Waals surface area contributed by atoms with Crippen molar-refractivity contribution >= 4 is 5.97 Å². The molecule has 0 saturated heterocycles. The molecule has 124 valence electrons. The highest BCUT2D eigenvalue weighted by Crippen LogP contribution is 2.10. The van der Waals surface area contributed by atoms with Crippen LogP contribution in [0.15, 0.2) is 12.2 Å². The maximum atomic E-state index is 10.3. The molecule has 0 bridgehead atoms. The molecule has 2 N–H and O–H groups in total. The summed E-state index contributed by atoms with van der Waals surface area (Å²) in [6.45, 7) is 2.22. The van der Waals surface area contributed by atoms with Crippen LogP contribution in [0.2, 0.25) is 0 Å². The van der Waals surface area contributed by atoms with E-state index in [2.05, 4.69) is 13.0 Å². The second kappa shape index (κ2) is 15.6. The van der Waals surface area contributed by atoms with E-state index in [-0.39, 0.29) is 12.5 Å². The molecule has 0 aliphatic rings. The SMILES string of the molecule is CCCCCCCC[C@H](O)C=CCCCCCCC(=O)O. The lowest BCUT2D eigenvalue weighted by molar-refractivity contribution is -0.137. The Morgan fingerprint density at radius 3 is 2.29 bits per heavy atom. The van der Waals surface area contributed by atoms with Gasteiger partial charge >= 0.3 is 5.97 Å². The lowest BCUT2D eigenvalue weighted by Crippen LogP contribution is -2.01. The van der Waals surface area contributed by atoms with E-state index in [1.807, 2.05) is 6.08 Å². The fourth-order valence-electron chi connectivity index (χ4n) is 2.38. The minimum Gasteiger partial charge on any atom is -0.481 e. The molecule has 1 atom stereocenters. The predicted molar refractivity (Wildman–Crippen MR) is 88.5 cm³/mol. The van der Waals surface area contributed by atoms with Gasteiger partial charge in [-0.25, -0.2) is 0 Å². The molecule has 0 aromatic heterocycles. The van der Waals surface area contributed by atoms with Gasteiger partial charge in [0.05, 0.1) is 6.10 Å². The third kappa shape index (κ3) is 17.1. The molecule has 0 amide bonds. The number of unbranched alkanes of at least 4 members (excludes halogenated alkanes) is 9. The van der Waals surface area contributed by atoms with Crippen molar-refractivity contribution in [2.24, 2.45) is 0 Å². The summed E-state index contributed by atoms with van der Waals surface area (Å²) in [4.78, 5) is 10.3. The molecule has 0 aromatic rings. The third-order valence-corrected chi connectivity index (χ3v) is 3.72. The Bertz CT molecular complexity index is 261. The van der Waals surface area contributed by atoms with Crippen LogP contribution in [0.5, 0.6) is 0 Å². The molecular weight excluding hydrogens is 264 g/mol. The normalized spacial score (nSPS) is 12.9. The van der Waals surface area contributed by atoms with Crippen molar-refractivity contribution in [2.45, 2.75) is 96.5 Å². The number of carbonyl (C=O) groups is 1. The first kappa shape index (κ1) is 20.2. The molecular formula is C18H34O3. The molecule has 0 heterocycles. The van der Waals surface area contributed by atoms with E-state index in [0.29, 0.717) is 0 Å². The Kier molecular flexibility index (Phi) is 14.9. The van der Waals surface area contributed by atoms with Crippen LogP contribution in [0.1, 0.15) is 90.4 Å². The van der Waals surface area contributed by atoms with Crippen molar-refractivity contribution < 1.29 is 15.0 Å². The second-order valence-electron chi connectivity index (χ2n) is 5.90. The zero-order valence-electron chi connectivity index (χ0n) is 13.7. The van der Waals surface area contributed by atoms with Crippen molar-refractivity contribution in [3.05, 3.63) is 12.2 Å². The molecule has 0 rings (SSSR count). The fraction of sp³-hybridized carbons (Fsp3) is 0.833. The van der Waals surface area contributed by atoms with Crippen LogP contribution in [0.4, 0.5) is 0 Å². The van der Waals surface area contributed by atoms with Gasteiger partial charge in [0, 0.05) is 6.42 Å². The van der Waals surface area contributed by atoms with Crippen LogP contribution in [-0.2, 0) is 4.79 Å². The van der Waals surface area contributed by atoms with Crippen LogP contribution >= 0.6 is 0 Å². The molecule has 21 heavy (non-hydrogen) atoms. The zero-order valence-corrected chi connectivity index (χ0v) is 13.7. The summed E-state index contributed by atoms with van der Waals surface area (Å²) in [6, 6.07) is 0. The van der Waals surface area contributed by atoms with Crippen molar-refractivity contribution in [1.29, 1.82) is 0 Å². The first-order chi connectivity index (χ1) is 10.2. The van der Waals surface area contributed by atoms with Gasteiger partial charge in [-0.05, 0) is 25.7 Å². The van der Waals surface area contributed by atoms with Crippen molar-refractivity contribution in [3.63, 3.8) is 0 Å². The Hall–Kier alpha value is -0.830. The molecule has 0 aliphatic carbocycles. The van der Waals surface area contributed by atoms with Crippen molar-refractivity contribution in [2.75, 3.05) is 0 Å². The Morgan fingerprint density at radius 1 is 0.952 bits per heavy atom.